The Kier molecular flexibility index (Phi) is 21.1. The molecule has 18 rings (SSSR count). The Morgan fingerprint density at radius 2 is 0.948 bits per heavy atom. The van der Waals surface area contributed by atoms with Crippen molar-refractivity contribution in [2.24, 2.45) is 0 Å². The number of para-hydroxylation sites is 1. The maximum atomic E-state index is 13.1. The Morgan fingerprint density at radius 1 is 0.438 bits per heavy atom. The molecule has 6 aromatic carbocycles. The average Bonchev–Trinajstić information content (AvgIpc) is 1.55. The molecule has 13 aromatic rings. The Hall–Kier alpha value is -8.40. The summed E-state index contributed by atoms with van der Waals surface area (Å²) in [6, 6.07) is 52.4. The fourth-order valence-electron chi connectivity index (χ4n) is 16.0. The van der Waals surface area contributed by atoms with Gasteiger partial charge in [0.2, 0.25) is 0 Å². The highest BCUT2D eigenvalue weighted by Gasteiger charge is 2.26. The zero-order chi connectivity index (χ0) is 65.0. The maximum Gasteiger partial charge on any atom is 0.137 e. The molecule has 0 bridgehead atoms. The second kappa shape index (κ2) is 31.2. The summed E-state index contributed by atoms with van der Waals surface area (Å²) in [7, 11) is 0. The first kappa shape index (κ1) is 64.9. The van der Waals surface area contributed by atoms with Gasteiger partial charge in [-0.15, -0.1) is 0 Å². The lowest BCUT2D eigenvalue weighted by atomic mass is 9.89. The van der Waals surface area contributed by atoms with Crippen molar-refractivity contribution in [1.82, 2.24) is 60.6 Å². The summed E-state index contributed by atoms with van der Waals surface area (Å²) in [5.74, 6) is 3.14. The Morgan fingerprint density at radius 3 is 1.56 bits per heavy atom. The van der Waals surface area contributed by atoms with Gasteiger partial charge in [0.15, 0.2) is 0 Å². The van der Waals surface area contributed by atoms with Crippen LogP contribution in [-0.4, -0.2) is 105 Å². The van der Waals surface area contributed by atoms with E-state index in [4.69, 9.17) is 11.6 Å². The fourth-order valence-corrected chi connectivity index (χ4v) is 16.1. The third-order valence-corrected chi connectivity index (χ3v) is 21.3. The van der Waals surface area contributed by atoms with Crippen LogP contribution in [0.25, 0.3) is 65.5 Å². The molecular weight excluding hydrogens is 1210 g/mol. The number of likely N-dealkylation sites (tertiary alicyclic amines) is 1. The number of rotatable bonds is 9. The summed E-state index contributed by atoms with van der Waals surface area (Å²) in [6.45, 7) is 15.5. The number of nitrogens with one attached hydrogen (secondary N) is 8. The Bertz CT molecular complexity index is 4620. The van der Waals surface area contributed by atoms with Gasteiger partial charge in [0, 0.05) is 105 Å². The first-order valence-corrected chi connectivity index (χ1v) is 35.7. The molecule has 7 aromatic heterocycles. The number of hydrogen-bond acceptors (Lipinski definition) is 7. The van der Waals surface area contributed by atoms with Crippen LogP contribution in [0.3, 0.4) is 0 Å². The Balaban J connectivity index is 0.000000105. The van der Waals surface area contributed by atoms with Gasteiger partial charge in [-0.25, -0.2) is 14.4 Å². The summed E-state index contributed by atoms with van der Waals surface area (Å²) in [5, 5.41) is 23.7. The smallest absolute Gasteiger partial charge is 0.137 e. The van der Waals surface area contributed by atoms with E-state index in [1.165, 1.54) is 157 Å². The monoisotopic (exact) mass is 1300 g/mol. The van der Waals surface area contributed by atoms with E-state index in [0.717, 1.165) is 100 Å². The minimum atomic E-state index is -0.175. The summed E-state index contributed by atoms with van der Waals surface area (Å²) < 4.78 is 15.5. The van der Waals surface area contributed by atoms with Gasteiger partial charge in [-0.05, 0) is 288 Å². The largest absolute Gasteiger partial charge is 0.361 e. The zero-order valence-corrected chi connectivity index (χ0v) is 56.2. The number of H-pyrrole nitrogens is 4. The van der Waals surface area contributed by atoms with Crippen molar-refractivity contribution in [3.63, 3.8) is 0 Å². The summed E-state index contributed by atoms with van der Waals surface area (Å²) in [5.41, 5.74) is 16.9. The molecule has 494 valence electrons. The van der Waals surface area contributed by atoms with E-state index in [9.17, 15) is 4.39 Å². The molecule has 14 heteroatoms. The molecule has 0 radical (unpaired) electrons. The SMILES string of the molecule is Cc1cccc2cccc(CN3CCC(c4c[nH]c5ncccc45)CC3)c12.Clc1ccc2[nH]cc(C3CCNCC3)c2c1.Fc1ccc2c(C3CCNCC3)c[nH]c2c1.c1ccc(Cn2cc(C3CCNCC3)c3ccccc32)cc1.c1cnc2[nH]cc(C3CCNCC3)c2c1. The van der Waals surface area contributed by atoms with Gasteiger partial charge in [-0.1, -0.05) is 96.5 Å². The van der Waals surface area contributed by atoms with Crippen molar-refractivity contribution < 1.29 is 4.39 Å². The molecular formula is C82H92ClFN12. The van der Waals surface area contributed by atoms with Crippen molar-refractivity contribution >= 4 is 77.1 Å². The van der Waals surface area contributed by atoms with Gasteiger partial charge >= 0.3 is 0 Å². The summed E-state index contributed by atoms with van der Waals surface area (Å²) in [6.07, 6.45) is 26.8. The number of aryl methyl sites for hydroxylation is 1. The number of hydrogen-bond donors (Lipinski definition) is 8. The van der Waals surface area contributed by atoms with Gasteiger partial charge in [0.05, 0.1) is 0 Å². The van der Waals surface area contributed by atoms with Crippen LogP contribution in [0.2, 0.25) is 5.02 Å². The lowest BCUT2D eigenvalue weighted by Crippen LogP contribution is -2.32. The molecule has 96 heavy (non-hydrogen) atoms. The van der Waals surface area contributed by atoms with Crippen molar-refractivity contribution in [2.45, 2.75) is 114 Å². The quantitative estimate of drug-likeness (QED) is 0.0718. The van der Waals surface area contributed by atoms with Gasteiger partial charge in [-0.2, -0.15) is 0 Å². The predicted octanol–water partition coefficient (Wildman–Crippen LogP) is 17.7. The summed E-state index contributed by atoms with van der Waals surface area (Å²) >= 11 is 6.06. The van der Waals surface area contributed by atoms with Crippen molar-refractivity contribution in [2.75, 3.05) is 65.4 Å². The zero-order valence-electron chi connectivity index (χ0n) is 55.5. The second-order valence-electron chi connectivity index (χ2n) is 27.1. The standard InChI is InChI=1S/C24H25N3.C20H22N2.C13H15ClN2.C13H15FN2.C12H15N3/c1-17-5-2-6-19-7-3-8-20(23(17)19)16-27-13-10-18(11-14-27)22-15-26-24-21(22)9-4-12-25-24;1-2-6-16(7-3-1)14-22-15-19(17-10-12-21-13-11-17)18-8-4-5-9-20(18)22;14-10-1-2-13-11(7-10)12(8-16-13)9-3-5-15-6-4-9;14-10-1-2-11-12(8-16-13(11)7-10)9-3-5-15-6-4-9;1-2-10-11(8-15-12(10)14-5-1)9-3-6-13-7-4-9/h2-9,12,15,18H,10-11,13-14,16H2,1H3,(H,25,26);1-9,15,17,21H,10-14H2;2*1-2,7-9,15-16H,3-6H2;1-2,5,8-9,13H,3-4,6-7H2,(H,14,15). The van der Waals surface area contributed by atoms with E-state index in [0.29, 0.717) is 29.6 Å². The highest BCUT2D eigenvalue weighted by Crippen LogP contribution is 2.38. The lowest BCUT2D eigenvalue weighted by Gasteiger charge is -2.32. The molecule has 12 nitrogen and oxygen atoms in total. The van der Waals surface area contributed by atoms with Crippen LogP contribution in [0.5, 0.6) is 0 Å². The van der Waals surface area contributed by atoms with Crippen LogP contribution in [0.1, 0.15) is 138 Å². The molecule has 5 saturated heterocycles. The third-order valence-electron chi connectivity index (χ3n) is 21.1. The third kappa shape index (κ3) is 15.2. The Labute approximate surface area is 568 Å². The topological polar surface area (TPSA) is 145 Å². The normalized spacial score (nSPS) is 17.2. The number of nitrogens with zero attached hydrogens (tertiary/aromatic N) is 4. The van der Waals surface area contributed by atoms with E-state index in [-0.39, 0.29) is 5.82 Å². The first-order valence-electron chi connectivity index (χ1n) is 35.4. The number of fused-ring (bicyclic) bond motifs is 6. The van der Waals surface area contributed by atoms with Crippen molar-refractivity contribution in [3.8, 4) is 0 Å². The van der Waals surface area contributed by atoms with Gasteiger partial charge in [0.1, 0.15) is 17.1 Å². The number of pyridine rings is 2. The molecule has 0 saturated carbocycles. The minimum Gasteiger partial charge on any atom is -0.361 e. The molecule has 8 N–H and O–H groups in total. The number of benzene rings is 6. The predicted molar refractivity (Wildman–Crippen MR) is 397 cm³/mol. The van der Waals surface area contributed by atoms with E-state index in [1.807, 2.05) is 42.9 Å². The van der Waals surface area contributed by atoms with Crippen LogP contribution in [0, 0.1) is 12.7 Å². The molecule has 5 aliphatic rings. The van der Waals surface area contributed by atoms with Crippen LogP contribution >= 0.6 is 11.6 Å². The van der Waals surface area contributed by atoms with Gasteiger partial charge in [0.25, 0.3) is 0 Å². The number of halogens is 2. The molecule has 0 atom stereocenters. The molecule has 5 fully saturated rings. The molecule has 0 unspecified atom stereocenters. The molecule has 0 aliphatic carbocycles. The van der Waals surface area contributed by atoms with E-state index in [1.54, 1.807) is 12.1 Å². The van der Waals surface area contributed by atoms with Gasteiger partial charge < -0.3 is 45.8 Å². The van der Waals surface area contributed by atoms with Crippen molar-refractivity contribution in [3.05, 3.63) is 250 Å². The van der Waals surface area contributed by atoms with Crippen molar-refractivity contribution in [1.29, 1.82) is 0 Å². The van der Waals surface area contributed by atoms with Crippen LogP contribution in [0.4, 0.5) is 4.39 Å². The average molecular weight is 1300 g/mol. The van der Waals surface area contributed by atoms with E-state index >= 15 is 0 Å². The summed E-state index contributed by atoms with van der Waals surface area (Å²) in [4.78, 5) is 24.5. The van der Waals surface area contributed by atoms with Crippen LogP contribution < -0.4 is 21.3 Å². The lowest BCUT2D eigenvalue weighted by molar-refractivity contribution is 0.206. The van der Waals surface area contributed by atoms with Crippen LogP contribution in [-0.2, 0) is 13.1 Å². The van der Waals surface area contributed by atoms with Gasteiger partial charge in [-0.3, -0.25) is 4.90 Å². The fraction of sp³-hybridized carbons (Fsp3) is 0.341. The number of aromatic amines is 4. The number of piperidine rings is 5. The molecule has 5 aliphatic heterocycles. The molecule has 0 spiro atoms. The highest BCUT2D eigenvalue weighted by atomic mass is 35.5. The number of aromatic nitrogens is 7. The first-order chi connectivity index (χ1) is 47.3. The van der Waals surface area contributed by atoms with E-state index < -0.39 is 0 Å². The molecule has 0 amide bonds. The minimum absolute atomic E-state index is 0.175. The molecule has 12 heterocycles. The second-order valence-corrected chi connectivity index (χ2v) is 27.5. The maximum absolute atomic E-state index is 13.1. The highest BCUT2D eigenvalue weighted by molar-refractivity contribution is 6.31. The van der Waals surface area contributed by atoms with E-state index in [2.05, 4.69) is 208 Å². The van der Waals surface area contributed by atoms with Crippen LogP contribution in [0.15, 0.2) is 195 Å².